The number of ether oxygens (including phenoxy) is 3. The number of hydrogen-bond acceptors (Lipinski definition) is 6. The number of rotatable bonds is 23. The Morgan fingerprint density at radius 3 is 1.57 bits per heavy atom. The van der Waals surface area contributed by atoms with Gasteiger partial charge in [0.15, 0.2) is 0 Å². The Bertz CT molecular complexity index is 433. The quantitative estimate of drug-likeness (QED) is 0.132. The van der Waals surface area contributed by atoms with Gasteiger partial charge in [0.2, 0.25) is 0 Å². The van der Waals surface area contributed by atoms with Crippen molar-refractivity contribution in [3.8, 4) is 0 Å². The molecule has 0 aliphatic heterocycles. The molecule has 0 aromatic carbocycles. The molecule has 6 nitrogen and oxygen atoms in total. The minimum Gasteiger partial charge on any atom is -0.748 e. The summed E-state index contributed by atoms with van der Waals surface area (Å²) in [6.45, 7) is 6.73. The monoisotopic (exact) mass is 460 g/mol. The minimum atomic E-state index is -4.37. The Labute approximate surface area is 208 Å². The van der Waals surface area contributed by atoms with Crippen LogP contribution in [0.4, 0.5) is 0 Å². The third-order valence-corrected chi connectivity index (χ3v) is 6.14. The van der Waals surface area contributed by atoms with Gasteiger partial charge >= 0.3 is 29.6 Å². The average Bonchev–Trinajstić information content (AvgIpc) is 2.68. The second-order valence-corrected chi connectivity index (χ2v) is 9.39. The van der Waals surface area contributed by atoms with Crippen LogP contribution in [0.5, 0.6) is 0 Å². The van der Waals surface area contributed by atoms with Gasteiger partial charge in [-0.2, -0.15) is 0 Å². The van der Waals surface area contributed by atoms with Crippen molar-refractivity contribution in [1.29, 1.82) is 0 Å². The second-order valence-electron chi connectivity index (χ2n) is 7.74. The van der Waals surface area contributed by atoms with E-state index in [4.69, 9.17) is 14.2 Å². The van der Waals surface area contributed by atoms with E-state index in [0.29, 0.717) is 19.8 Å². The molecule has 0 aromatic heterocycles. The van der Waals surface area contributed by atoms with E-state index in [1.165, 1.54) is 57.8 Å². The van der Waals surface area contributed by atoms with Crippen LogP contribution < -0.4 is 29.6 Å². The van der Waals surface area contributed by atoms with E-state index >= 15 is 0 Å². The zero-order valence-electron chi connectivity index (χ0n) is 19.9. The second kappa shape index (κ2) is 24.4. The van der Waals surface area contributed by atoms with Gasteiger partial charge < -0.3 is 18.8 Å². The van der Waals surface area contributed by atoms with Crippen molar-refractivity contribution < 1.29 is 56.7 Å². The van der Waals surface area contributed by atoms with Gasteiger partial charge in [0, 0.05) is 19.8 Å². The van der Waals surface area contributed by atoms with Crippen molar-refractivity contribution in [3.63, 3.8) is 0 Å². The Kier molecular flexibility index (Phi) is 26.8. The molecule has 8 heteroatoms. The van der Waals surface area contributed by atoms with Crippen LogP contribution in [0.3, 0.4) is 0 Å². The first-order valence-corrected chi connectivity index (χ1v) is 13.2. The van der Waals surface area contributed by atoms with Crippen LogP contribution in [-0.2, 0) is 24.3 Å². The normalized spacial score (nSPS) is 12.6. The molecule has 1 atom stereocenters. The zero-order valence-corrected chi connectivity index (χ0v) is 22.7. The third kappa shape index (κ3) is 23.5. The van der Waals surface area contributed by atoms with Crippen LogP contribution >= 0.6 is 0 Å². The maximum Gasteiger partial charge on any atom is 1.00 e. The van der Waals surface area contributed by atoms with Gasteiger partial charge in [-0.25, -0.2) is 8.42 Å². The van der Waals surface area contributed by atoms with Crippen LogP contribution in [0.1, 0.15) is 97.3 Å². The summed E-state index contributed by atoms with van der Waals surface area (Å²) in [7, 11) is -4.37. The van der Waals surface area contributed by atoms with E-state index in [0.717, 1.165) is 25.9 Å². The molecule has 0 aliphatic rings. The molecule has 0 N–H and O–H groups in total. The Balaban J connectivity index is 0. The van der Waals surface area contributed by atoms with E-state index < -0.39 is 15.4 Å². The first kappa shape index (κ1) is 33.0. The van der Waals surface area contributed by atoms with E-state index in [1.807, 2.05) is 0 Å². The van der Waals surface area contributed by atoms with E-state index in [2.05, 4.69) is 13.8 Å². The smallest absolute Gasteiger partial charge is 0.748 e. The van der Waals surface area contributed by atoms with Crippen LogP contribution in [-0.4, -0.2) is 57.9 Å². The fraction of sp³-hybridized carbons (Fsp3) is 1.00. The Morgan fingerprint density at radius 2 is 1.07 bits per heavy atom. The van der Waals surface area contributed by atoms with Gasteiger partial charge in [0.05, 0.1) is 35.2 Å². The van der Waals surface area contributed by atoms with Gasteiger partial charge in [-0.1, -0.05) is 78.1 Å². The van der Waals surface area contributed by atoms with Gasteiger partial charge in [-0.3, -0.25) is 0 Å². The summed E-state index contributed by atoms with van der Waals surface area (Å²) in [6.07, 6.45) is 14.4. The summed E-state index contributed by atoms with van der Waals surface area (Å²) in [4.78, 5) is 0. The average molecular weight is 461 g/mol. The molecule has 0 rings (SSSR count). The van der Waals surface area contributed by atoms with Crippen LogP contribution in [0.25, 0.3) is 0 Å². The van der Waals surface area contributed by atoms with Gasteiger partial charge in [0.1, 0.15) is 0 Å². The number of hydrogen-bond donors (Lipinski definition) is 0. The van der Waals surface area contributed by atoms with Gasteiger partial charge in [-0.15, -0.1) is 0 Å². The SMILES string of the molecule is CCCCCCCCOCCOCCC(COCCCCCCCC)S(=O)(=O)[O-].[Na+]. The van der Waals surface area contributed by atoms with Crippen molar-refractivity contribution in [2.75, 3.05) is 39.6 Å². The van der Waals surface area contributed by atoms with Crippen molar-refractivity contribution in [3.05, 3.63) is 0 Å². The molecule has 0 bridgehead atoms. The molecule has 0 spiro atoms. The standard InChI is InChI=1S/C22H46O6S.Na/c1-3-5-7-9-11-13-16-26-19-20-27-18-15-22(29(23,24)25)21-28-17-14-12-10-8-6-4-2;/h22H,3-21H2,1-2H3,(H,23,24,25);/q;+1/p-1. The summed E-state index contributed by atoms with van der Waals surface area (Å²) in [5.74, 6) is 0. The molecule has 176 valence electrons. The summed E-state index contributed by atoms with van der Waals surface area (Å²) >= 11 is 0. The predicted molar refractivity (Wildman–Crippen MR) is 117 cm³/mol. The zero-order chi connectivity index (χ0) is 21.6. The van der Waals surface area contributed by atoms with Crippen molar-refractivity contribution >= 4 is 10.1 Å². The summed E-state index contributed by atoms with van der Waals surface area (Å²) < 4.78 is 50.5. The van der Waals surface area contributed by atoms with Crippen LogP contribution in [0.15, 0.2) is 0 Å². The minimum absolute atomic E-state index is 0. The van der Waals surface area contributed by atoms with Crippen molar-refractivity contribution in [2.45, 2.75) is 103 Å². The maximum absolute atomic E-state index is 11.4. The molecular formula is C22H45NaO6S. The van der Waals surface area contributed by atoms with E-state index in [1.54, 1.807) is 0 Å². The van der Waals surface area contributed by atoms with Crippen molar-refractivity contribution in [2.24, 2.45) is 0 Å². The molecule has 0 fully saturated rings. The first-order chi connectivity index (χ1) is 14.0. The molecule has 0 amide bonds. The molecule has 30 heavy (non-hydrogen) atoms. The predicted octanol–water partition coefficient (Wildman–Crippen LogP) is 2.07. The molecular weight excluding hydrogens is 415 g/mol. The first-order valence-electron chi connectivity index (χ1n) is 11.7. The summed E-state index contributed by atoms with van der Waals surface area (Å²) in [5.41, 5.74) is 0. The molecule has 0 aliphatic carbocycles. The van der Waals surface area contributed by atoms with Crippen molar-refractivity contribution in [1.82, 2.24) is 0 Å². The summed E-state index contributed by atoms with van der Waals surface area (Å²) in [5, 5.41) is -1.04. The molecule has 0 aromatic rings. The molecule has 1 unspecified atom stereocenters. The molecule has 0 saturated heterocycles. The fourth-order valence-electron chi connectivity index (χ4n) is 3.03. The molecule has 0 radical (unpaired) electrons. The van der Waals surface area contributed by atoms with Crippen LogP contribution in [0.2, 0.25) is 0 Å². The molecule has 0 heterocycles. The van der Waals surface area contributed by atoms with Crippen LogP contribution in [0, 0.1) is 0 Å². The largest absolute Gasteiger partial charge is 1.00 e. The third-order valence-electron chi connectivity index (χ3n) is 4.95. The number of unbranched alkanes of at least 4 members (excludes halogenated alkanes) is 10. The summed E-state index contributed by atoms with van der Waals surface area (Å²) in [6, 6.07) is 0. The topological polar surface area (TPSA) is 84.9 Å². The Morgan fingerprint density at radius 1 is 0.633 bits per heavy atom. The maximum atomic E-state index is 11.4. The fourth-order valence-corrected chi connectivity index (χ4v) is 3.68. The van der Waals surface area contributed by atoms with E-state index in [-0.39, 0.29) is 49.2 Å². The molecule has 0 saturated carbocycles. The van der Waals surface area contributed by atoms with E-state index in [9.17, 15) is 13.0 Å². The van der Waals surface area contributed by atoms with Gasteiger partial charge in [-0.05, 0) is 19.3 Å². The Hall–Kier alpha value is 0.790. The van der Waals surface area contributed by atoms with Gasteiger partial charge in [0.25, 0.3) is 0 Å².